The van der Waals surface area contributed by atoms with E-state index in [4.69, 9.17) is 0 Å². The summed E-state index contributed by atoms with van der Waals surface area (Å²) in [5, 5.41) is 1.94. The summed E-state index contributed by atoms with van der Waals surface area (Å²) in [5.74, 6) is 0.109. The molecule has 3 nitrogen and oxygen atoms in total. The highest BCUT2D eigenvalue weighted by atomic mass is 32.2. The summed E-state index contributed by atoms with van der Waals surface area (Å²) in [6.07, 6.45) is 0. The number of pyridine rings is 1. The highest BCUT2D eigenvalue weighted by Crippen LogP contribution is 2.27. The molecule has 1 aromatic heterocycles. The third kappa shape index (κ3) is 3.07. The highest BCUT2D eigenvalue weighted by Gasteiger charge is 2.17. The minimum atomic E-state index is -0.122. The molecule has 0 aliphatic rings. The Hall–Kier alpha value is -1.55. The van der Waals surface area contributed by atoms with Crippen LogP contribution >= 0.6 is 11.8 Å². The number of para-hydroxylation sites is 1. The highest BCUT2D eigenvalue weighted by molar-refractivity contribution is 8.00. The van der Waals surface area contributed by atoms with Crippen LogP contribution in [0.15, 0.2) is 35.4 Å². The fraction of sp³-hybridized carbons (Fsp3) is 0.333. The molecular formula is C15H18N2OS. The van der Waals surface area contributed by atoms with E-state index in [1.807, 2.05) is 31.2 Å². The molecule has 1 unspecified atom stereocenters. The van der Waals surface area contributed by atoms with E-state index in [9.17, 15) is 4.79 Å². The lowest BCUT2D eigenvalue weighted by Gasteiger charge is -2.16. The van der Waals surface area contributed by atoms with Crippen LogP contribution in [-0.2, 0) is 4.79 Å². The number of amides is 1. The van der Waals surface area contributed by atoms with E-state index < -0.39 is 0 Å². The van der Waals surface area contributed by atoms with Gasteiger partial charge in [-0.2, -0.15) is 0 Å². The Morgan fingerprint density at radius 3 is 2.68 bits per heavy atom. The SMILES string of the molecule is Cc1cc(SC(C)C(=O)N(C)C)nc2ccccc12. The summed E-state index contributed by atoms with van der Waals surface area (Å²) in [7, 11) is 3.55. The maximum atomic E-state index is 11.9. The van der Waals surface area contributed by atoms with E-state index in [1.165, 1.54) is 22.7 Å². The number of rotatable bonds is 3. The van der Waals surface area contributed by atoms with Gasteiger partial charge in [-0.1, -0.05) is 30.0 Å². The smallest absolute Gasteiger partial charge is 0.235 e. The molecule has 1 atom stereocenters. The van der Waals surface area contributed by atoms with Crippen LogP contribution in [0, 0.1) is 6.92 Å². The Bertz CT molecular complexity index is 610. The lowest BCUT2D eigenvalue weighted by atomic mass is 10.1. The molecule has 0 aliphatic carbocycles. The van der Waals surface area contributed by atoms with Gasteiger partial charge in [0.1, 0.15) is 0 Å². The predicted molar refractivity (Wildman–Crippen MR) is 80.5 cm³/mol. The molecule has 0 saturated heterocycles. The minimum absolute atomic E-state index is 0.109. The zero-order chi connectivity index (χ0) is 14.0. The average Bonchev–Trinajstić information content (AvgIpc) is 2.37. The van der Waals surface area contributed by atoms with Crippen LogP contribution in [0.4, 0.5) is 0 Å². The number of carbonyl (C=O) groups excluding carboxylic acids is 1. The molecule has 0 N–H and O–H groups in total. The van der Waals surface area contributed by atoms with Gasteiger partial charge >= 0.3 is 0 Å². The molecular weight excluding hydrogens is 256 g/mol. The Labute approximate surface area is 118 Å². The molecule has 2 rings (SSSR count). The standard InChI is InChI=1S/C15H18N2OS/c1-10-9-14(19-11(2)15(18)17(3)4)16-13-8-6-5-7-12(10)13/h5-9,11H,1-4H3. The number of aromatic nitrogens is 1. The molecule has 0 radical (unpaired) electrons. The van der Waals surface area contributed by atoms with Gasteiger partial charge < -0.3 is 4.90 Å². The summed E-state index contributed by atoms with van der Waals surface area (Å²) in [6.45, 7) is 3.99. The van der Waals surface area contributed by atoms with Gasteiger partial charge in [-0.25, -0.2) is 4.98 Å². The molecule has 0 saturated carbocycles. The van der Waals surface area contributed by atoms with Gasteiger partial charge in [0.15, 0.2) is 0 Å². The van der Waals surface area contributed by atoms with E-state index in [0.717, 1.165) is 10.5 Å². The quantitative estimate of drug-likeness (QED) is 0.806. The number of fused-ring (bicyclic) bond motifs is 1. The van der Waals surface area contributed by atoms with Crippen LogP contribution in [0.25, 0.3) is 10.9 Å². The van der Waals surface area contributed by atoms with Gasteiger partial charge in [0.2, 0.25) is 5.91 Å². The first-order valence-corrected chi connectivity index (χ1v) is 7.11. The fourth-order valence-electron chi connectivity index (χ4n) is 1.97. The molecule has 0 spiro atoms. The number of carbonyl (C=O) groups is 1. The van der Waals surface area contributed by atoms with E-state index >= 15 is 0 Å². The number of aryl methyl sites for hydroxylation is 1. The van der Waals surface area contributed by atoms with E-state index in [0.29, 0.717) is 0 Å². The summed E-state index contributed by atoms with van der Waals surface area (Å²) >= 11 is 1.51. The molecule has 19 heavy (non-hydrogen) atoms. The second kappa shape index (κ2) is 5.61. The van der Waals surface area contributed by atoms with E-state index in [2.05, 4.69) is 18.0 Å². The fourth-order valence-corrected chi connectivity index (χ4v) is 3.04. The van der Waals surface area contributed by atoms with Gasteiger partial charge in [-0.15, -0.1) is 0 Å². The van der Waals surface area contributed by atoms with Crippen LogP contribution in [0.3, 0.4) is 0 Å². The molecule has 1 heterocycles. The summed E-state index contributed by atoms with van der Waals surface area (Å²) < 4.78 is 0. The van der Waals surface area contributed by atoms with Crippen LogP contribution in [-0.4, -0.2) is 35.1 Å². The van der Waals surface area contributed by atoms with Crippen molar-refractivity contribution in [2.45, 2.75) is 24.1 Å². The van der Waals surface area contributed by atoms with Crippen LogP contribution in [0.5, 0.6) is 0 Å². The molecule has 4 heteroatoms. The van der Waals surface area contributed by atoms with Gasteiger partial charge in [0.05, 0.1) is 15.8 Å². The second-order valence-electron chi connectivity index (χ2n) is 4.79. The number of hydrogen-bond acceptors (Lipinski definition) is 3. The predicted octanol–water partition coefficient (Wildman–Crippen LogP) is 3.11. The van der Waals surface area contributed by atoms with E-state index in [1.54, 1.807) is 19.0 Å². The van der Waals surface area contributed by atoms with Gasteiger partial charge in [0, 0.05) is 19.5 Å². The zero-order valence-corrected chi connectivity index (χ0v) is 12.5. The zero-order valence-electron chi connectivity index (χ0n) is 11.7. The number of thioether (sulfide) groups is 1. The molecule has 1 amide bonds. The van der Waals surface area contributed by atoms with Crippen molar-refractivity contribution in [3.05, 3.63) is 35.9 Å². The first-order chi connectivity index (χ1) is 8.99. The average molecular weight is 274 g/mol. The van der Waals surface area contributed by atoms with Crippen LogP contribution < -0.4 is 0 Å². The third-order valence-corrected chi connectivity index (χ3v) is 3.99. The Balaban J connectivity index is 2.29. The number of hydrogen-bond donors (Lipinski definition) is 0. The van der Waals surface area contributed by atoms with Gasteiger partial charge in [-0.05, 0) is 31.5 Å². The first-order valence-electron chi connectivity index (χ1n) is 6.23. The normalized spacial score (nSPS) is 12.4. The Morgan fingerprint density at radius 1 is 1.32 bits per heavy atom. The molecule has 0 aliphatic heterocycles. The topological polar surface area (TPSA) is 33.2 Å². The molecule has 0 fully saturated rings. The van der Waals surface area contributed by atoms with Crippen molar-refractivity contribution >= 4 is 28.6 Å². The second-order valence-corrected chi connectivity index (χ2v) is 6.15. The van der Waals surface area contributed by atoms with Gasteiger partial charge in [-0.3, -0.25) is 4.79 Å². The Kier molecular flexibility index (Phi) is 4.10. The van der Waals surface area contributed by atoms with E-state index in [-0.39, 0.29) is 11.2 Å². The summed E-state index contributed by atoms with van der Waals surface area (Å²) in [5.41, 5.74) is 2.17. The summed E-state index contributed by atoms with van der Waals surface area (Å²) in [6, 6.07) is 10.1. The lowest BCUT2D eigenvalue weighted by Crippen LogP contribution is -2.29. The van der Waals surface area contributed by atoms with Crippen molar-refractivity contribution < 1.29 is 4.79 Å². The molecule has 100 valence electrons. The summed E-state index contributed by atoms with van der Waals surface area (Å²) in [4.78, 5) is 18.1. The van der Waals surface area contributed by atoms with Crippen LogP contribution in [0.2, 0.25) is 0 Å². The molecule has 0 bridgehead atoms. The van der Waals surface area contributed by atoms with Crippen molar-refractivity contribution in [1.29, 1.82) is 0 Å². The van der Waals surface area contributed by atoms with Gasteiger partial charge in [0.25, 0.3) is 0 Å². The maximum absolute atomic E-state index is 11.9. The number of benzene rings is 1. The minimum Gasteiger partial charge on any atom is -0.348 e. The van der Waals surface area contributed by atoms with Crippen molar-refractivity contribution in [3.63, 3.8) is 0 Å². The molecule has 2 aromatic rings. The van der Waals surface area contributed by atoms with Crippen molar-refractivity contribution in [2.24, 2.45) is 0 Å². The third-order valence-electron chi connectivity index (χ3n) is 2.99. The maximum Gasteiger partial charge on any atom is 0.235 e. The van der Waals surface area contributed by atoms with Crippen molar-refractivity contribution in [3.8, 4) is 0 Å². The Morgan fingerprint density at radius 2 is 2.00 bits per heavy atom. The first kappa shape index (κ1) is 13.9. The van der Waals surface area contributed by atoms with Crippen LogP contribution in [0.1, 0.15) is 12.5 Å². The van der Waals surface area contributed by atoms with Crippen molar-refractivity contribution in [2.75, 3.05) is 14.1 Å². The molecule has 1 aromatic carbocycles. The largest absolute Gasteiger partial charge is 0.348 e. The number of nitrogens with zero attached hydrogens (tertiary/aromatic N) is 2. The van der Waals surface area contributed by atoms with Crippen molar-refractivity contribution in [1.82, 2.24) is 9.88 Å². The monoisotopic (exact) mass is 274 g/mol. The lowest BCUT2D eigenvalue weighted by molar-refractivity contribution is -0.127.